The number of hydrogen-bond acceptors (Lipinski definition) is 4. The second-order valence-corrected chi connectivity index (χ2v) is 4.32. The molecule has 1 rings (SSSR count). The van der Waals surface area contributed by atoms with Gasteiger partial charge < -0.3 is 16.0 Å². The monoisotopic (exact) mass is 278 g/mol. The third-order valence-corrected chi connectivity index (χ3v) is 2.59. The Morgan fingerprint density at radius 3 is 2.55 bits per heavy atom. The molecule has 0 unspecified atom stereocenters. The van der Waals surface area contributed by atoms with Crippen molar-refractivity contribution in [3.05, 3.63) is 24.0 Å². The third kappa shape index (κ3) is 5.69. The maximum atomic E-state index is 11.8. The summed E-state index contributed by atoms with van der Waals surface area (Å²) in [5.74, 6) is -0.320. The lowest BCUT2D eigenvalue weighted by Gasteiger charge is -2.06. The SMILES string of the molecule is CCCNC(=O)CCNC(=O)c1ccc(NCC)cn1. The van der Waals surface area contributed by atoms with Gasteiger partial charge in [-0.1, -0.05) is 6.92 Å². The molecule has 6 nitrogen and oxygen atoms in total. The molecule has 6 heteroatoms. The minimum atomic E-state index is -0.267. The van der Waals surface area contributed by atoms with Crippen LogP contribution in [0.4, 0.5) is 5.69 Å². The second-order valence-electron chi connectivity index (χ2n) is 4.32. The van der Waals surface area contributed by atoms with E-state index in [0.29, 0.717) is 18.8 Å². The first kappa shape index (κ1) is 15.9. The summed E-state index contributed by atoms with van der Waals surface area (Å²) in [6, 6.07) is 3.46. The maximum Gasteiger partial charge on any atom is 0.269 e. The van der Waals surface area contributed by atoms with Crippen molar-refractivity contribution in [1.82, 2.24) is 15.6 Å². The molecule has 0 bridgehead atoms. The van der Waals surface area contributed by atoms with E-state index >= 15 is 0 Å². The molecule has 0 fully saturated rings. The average molecular weight is 278 g/mol. The minimum Gasteiger partial charge on any atom is -0.384 e. The third-order valence-electron chi connectivity index (χ3n) is 2.59. The smallest absolute Gasteiger partial charge is 0.269 e. The molecule has 20 heavy (non-hydrogen) atoms. The number of nitrogens with one attached hydrogen (secondary N) is 3. The van der Waals surface area contributed by atoms with Gasteiger partial charge in [-0.3, -0.25) is 9.59 Å². The van der Waals surface area contributed by atoms with E-state index in [1.54, 1.807) is 18.3 Å². The zero-order chi connectivity index (χ0) is 14.8. The number of rotatable bonds is 8. The zero-order valence-electron chi connectivity index (χ0n) is 12.0. The standard InChI is InChI=1S/C14H22N4O2/c1-3-8-16-13(19)7-9-17-14(20)12-6-5-11(10-18-12)15-4-2/h5-6,10,15H,3-4,7-9H2,1-2H3,(H,16,19)(H,17,20). The molecule has 0 aromatic carbocycles. The van der Waals surface area contributed by atoms with Crippen molar-refractivity contribution in [1.29, 1.82) is 0 Å². The van der Waals surface area contributed by atoms with Crippen molar-refractivity contribution in [3.8, 4) is 0 Å². The van der Waals surface area contributed by atoms with Gasteiger partial charge in [0.2, 0.25) is 5.91 Å². The van der Waals surface area contributed by atoms with Gasteiger partial charge >= 0.3 is 0 Å². The maximum absolute atomic E-state index is 11.8. The van der Waals surface area contributed by atoms with Crippen LogP contribution in [0, 0.1) is 0 Å². The van der Waals surface area contributed by atoms with Crippen LogP contribution in [0.15, 0.2) is 18.3 Å². The van der Waals surface area contributed by atoms with Crippen molar-refractivity contribution >= 4 is 17.5 Å². The summed E-state index contributed by atoms with van der Waals surface area (Å²) in [6.07, 6.45) is 2.80. The van der Waals surface area contributed by atoms with Gasteiger partial charge in [-0.05, 0) is 25.5 Å². The van der Waals surface area contributed by atoms with Crippen LogP contribution >= 0.6 is 0 Å². The quantitative estimate of drug-likeness (QED) is 0.666. The number of carbonyl (C=O) groups is 2. The van der Waals surface area contributed by atoms with E-state index in [2.05, 4.69) is 20.9 Å². The van der Waals surface area contributed by atoms with E-state index in [1.165, 1.54) is 0 Å². The van der Waals surface area contributed by atoms with E-state index in [-0.39, 0.29) is 18.2 Å². The highest BCUT2D eigenvalue weighted by Crippen LogP contribution is 2.05. The average Bonchev–Trinajstić information content (AvgIpc) is 2.46. The number of amides is 2. The lowest BCUT2D eigenvalue weighted by atomic mass is 10.3. The van der Waals surface area contributed by atoms with Crippen LogP contribution in [0.25, 0.3) is 0 Å². The summed E-state index contributed by atoms with van der Waals surface area (Å²) in [5.41, 5.74) is 1.23. The number of hydrogen-bond donors (Lipinski definition) is 3. The Kier molecular flexibility index (Phi) is 7.10. The Hall–Kier alpha value is -2.11. The molecule has 1 aromatic heterocycles. The van der Waals surface area contributed by atoms with Crippen LogP contribution in [0.2, 0.25) is 0 Å². The molecule has 0 spiro atoms. The summed E-state index contributed by atoms with van der Waals surface area (Å²) < 4.78 is 0. The normalized spacial score (nSPS) is 9.90. The van der Waals surface area contributed by atoms with Crippen LogP contribution in [0.1, 0.15) is 37.2 Å². The van der Waals surface area contributed by atoms with Crippen LogP contribution in [-0.2, 0) is 4.79 Å². The molecule has 0 saturated heterocycles. The van der Waals surface area contributed by atoms with Gasteiger partial charge in [0.1, 0.15) is 5.69 Å². The number of aromatic nitrogens is 1. The van der Waals surface area contributed by atoms with Gasteiger partial charge in [-0.15, -0.1) is 0 Å². The van der Waals surface area contributed by atoms with E-state index < -0.39 is 0 Å². The van der Waals surface area contributed by atoms with E-state index in [0.717, 1.165) is 18.7 Å². The van der Waals surface area contributed by atoms with Crippen molar-refractivity contribution in [2.75, 3.05) is 25.0 Å². The molecular formula is C14H22N4O2. The van der Waals surface area contributed by atoms with Crippen molar-refractivity contribution in [2.45, 2.75) is 26.7 Å². The number of carbonyl (C=O) groups excluding carboxylic acids is 2. The molecule has 3 N–H and O–H groups in total. The molecular weight excluding hydrogens is 256 g/mol. The Labute approximate surface area is 119 Å². The Morgan fingerprint density at radius 2 is 1.95 bits per heavy atom. The molecule has 1 heterocycles. The second kappa shape index (κ2) is 8.90. The summed E-state index contributed by atoms with van der Waals surface area (Å²) in [5, 5.41) is 8.53. The summed E-state index contributed by atoms with van der Waals surface area (Å²) in [4.78, 5) is 27.2. The fourth-order valence-electron chi connectivity index (χ4n) is 1.57. The lowest BCUT2D eigenvalue weighted by Crippen LogP contribution is -2.31. The van der Waals surface area contributed by atoms with Crippen molar-refractivity contribution in [2.24, 2.45) is 0 Å². The number of nitrogens with zero attached hydrogens (tertiary/aromatic N) is 1. The molecule has 0 aliphatic rings. The van der Waals surface area contributed by atoms with E-state index in [9.17, 15) is 9.59 Å². The highest BCUT2D eigenvalue weighted by molar-refractivity contribution is 5.92. The summed E-state index contributed by atoms with van der Waals surface area (Å²) in [6.45, 7) is 5.76. The van der Waals surface area contributed by atoms with Crippen LogP contribution in [0.3, 0.4) is 0 Å². The van der Waals surface area contributed by atoms with Crippen molar-refractivity contribution < 1.29 is 9.59 Å². The van der Waals surface area contributed by atoms with Crippen LogP contribution in [-0.4, -0.2) is 36.4 Å². The molecule has 0 aliphatic carbocycles. The highest BCUT2D eigenvalue weighted by Gasteiger charge is 2.07. The fourth-order valence-corrected chi connectivity index (χ4v) is 1.57. The van der Waals surface area contributed by atoms with Crippen LogP contribution < -0.4 is 16.0 Å². The van der Waals surface area contributed by atoms with E-state index in [1.807, 2.05) is 13.8 Å². The molecule has 0 saturated carbocycles. The van der Waals surface area contributed by atoms with E-state index in [4.69, 9.17) is 0 Å². The Bertz CT molecular complexity index is 431. The first-order valence-electron chi connectivity index (χ1n) is 6.92. The molecule has 110 valence electrons. The first-order valence-corrected chi connectivity index (χ1v) is 6.92. The highest BCUT2D eigenvalue weighted by atomic mass is 16.2. The minimum absolute atomic E-state index is 0.0531. The predicted octanol–water partition coefficient (Wildman–Crippen LogP) is 1.16. The summed E-state index contributed by atoms with van der Waals surface area (Å²) >= 11 is 0. The van der Waals surface area contributed by atoms with Crippen LogP contribution in [0.5, 0.6) is 0 Å². The largest absolute Gasteiger partial charge is 0.384 e. The lowest BCUT2D eigenvalue weighted by molar-refractivity contribution is -0.120. The van der Waals surface area contributed by atoms with Gasteiger partial charge in [0.05, 0.1) is 11.9 Å². The van der Waals surface area contributed by atoms with Gasteiger partial charge in [0.25, 0.3) is 5.91 Å². The van der Waals surface area contributed by atoms with Gasteiger partial charge in [-0.2, -0.15) is 0 Å². The molecule has 0 atom stereocenters. The fraction of sp³-hybridized carbons (Fsp3) is 0.500. The Balaban J connectivity index is 2.33. The van der Waals surface area contributed by atoms with Crippen molar-refractivity contribution in [3.63, 3.8) is 0 Å². The first-order chi connectivity index (χ1) is 9.67. The van der Waals surface area contributed by atoms with Gasteiger partial charge in [-0.25, -0.2) is 4.98 Å². The summed E-state index contributed by atoms with van der Waals surface area (Å²) in [7, 11) is 0. The predicted molar refractivity (Wildman–Crippen MR) is 78.7 cm³/mol. The zero-order valence-corrected chi connectivity index (χ0v) is 12.0. The number of pyridine rings is 1. The molecule has 0 radical (unpaired) electrons. The van der Waals surface area contributed by atoms with Gasteiger partial charge in [0.15, 0.2) is 0 Å². The number of anilines is 1. The molecule has 0 aliphatic heterocycles. The molecule has 2 amide bonds. The topological polar surface area (TPSA) is 83.1 Å². The molecule has 1 aromatic rings. The Morgan fingerprint density at radius 1 is 1.15 bits per heavy atom. The van der Waals surface area contributed by atoms with Gasteiger partial charge in [0, 0.05) is 26.1 Å².